The van der Waals surface area contributed by atoms with Crippen molar-refractivity contribution < 1.29 is 18.7 Å². The zero-order valence-electron chi connectivity index (χ0n) is 21.9. The number of carbonyl (C=O) groups is 1. The zero-order chi connectivity index (χ0) is 27.7. The van der Waals surface area contributed by atoms with Gasteiger partial charge in [0.1, 0.15) is 22.9 Å². The Hall–Kier alpha value is -4.57. The summed E-state index contributed by atoms with van der Waals surface area (Å²) in [5.74, 6) is -0.283. The fraction of sp³-hybridized carbons (Fsp3) is 0.241. The number of carboxylic acid groups (broad SMARTS) is 1. The van der Waals surface area contributed by atoms with Crippen LogP contribution < -0.4 is 5.56 Å². The first-order valence-corrected chi connectivity index (χ1v) is 12.5. The smallest absolute Gasteiger partial charge is 0.342 e. The Morgan fingerprint density at radius 1 is 1.15 bits per heavy atom. The van der Waals surface area contributed by atoms with Gasteiger partial charge in [0.2, 0.25) is 5.78 Å². The monoisotopic (exact) mass is 529 g/mol. The largest absolute Gasteiger partial charge is 0.477 e. The van der Waals surface area contributed by atoms with Crippen LogP contribution in [0.2, 0.25) is 0 Å². The fourth-order valence-electron chi connectivity index (χ4n) is 4.72. The highest BCUT2D eigenvalue weighted by Crippen LogP contribution is 2.30. The van der Waals surface area contributed by atoms with Gasteiger partial charge >= 0.3 is 5.97 Å². The SMILES string of the molecule is Cc1cc(-c2nc3n(Cc4ccccc4F)cc(C(=O)O)c(=O)n3c2CN(C)CCc2ccccn2)c(C)o1. The number of aromatic nitrogens is 4. The van der Waals surface area contributed by atoms with Gasteiger partial charge < -0.3 is 19.0 Å². The molecule has 0 fully saturated rings. The van der Waals surface area contributed by atoms with Gasteiger partial charge in [-0.05, 0) is 45.2 Å². The van der Waals surface area contributed by atoms with E-state index in [1.807, 2.05) is 50.1 Å². The van der Waals surface area contributed by atoms with Gasteiger partial charge in [0.15, 0.2) is 0 Å². The predicted octanol–water partition coefficient (Wildman–Crippen LogP) is 4.33. The van der Waals surface area contributed by atoms with Crippen LogP contribution in [0.15, 0.2) is 70.1 Å². The Morgan fingerprint density at radius 3 is 2.59 bits per heavy atom. The van der Waals surface area contributed by atoms with Gasteiger partial charge in [-0.1, -0.05) is 24.3 Å². The van der Waals surface area contributed by atoms with Crippen LogP contribution in [0.25, 0.3) is 17.0 Å². The minimum atomic E-state index is -1.37. The summed E-state index contributed by atoms with van der Waals surface area (Å²) in [6.45, 7) is 4.56. The first kappa shape index (κ1) is 26.1. The molecule has 0 aliphatic carbocycles. The minimum Gasteiger partial charge on any atom is -0.477 e. The van der Waals surface area contributed by atoms with E-state index < -0.39 is 22.9 Å². The molecule has 39 heavy (non-hydrogen) atoms. The van der Waals surface area contributed by atoms with Crippen LogP contribution in [-0.2, 0) is 19.5 Å². The highest BCUT2D eigenvalue weighted by Gasteiger charge is 2.25. The third kappa shape index (κ3) is 5.23. The number of carboxylic acids is 1. The maximum atomic E-state index is 14.6. The Balaban J connectivity index is 1.67. The summed E-state index contributed by atoms with van der Waals surface area (Å²) in [5, 5.41) is 9.87. The summed E-state index contributed by atoms with van der Waals surface area (Å²) in [6, 6.07) is 13.8. The highest BCUT2D eigenvalue weighted by molar-refractivity contribution is 5.87. The molecule has 10 heteroatoms. The van der Waals surface area contributed by atoms with E-state index in [2.05, 4.69) is 4.98 Å². The molecule has 0 unspecified atom stereocenters. The van der Waals surface area contributed by atoms with E-state index in [1.54, 1.807) is 24.4 Å². The lowest BCUT2D eigenvalue weighted by Crippen LogP contribution is -2.29. The third-order valence-corrected chi connectivity index (χ3v) is 6.65. The zero-order valence-corrected chi connectivity index (χ0v) is 21.9. The number of benzene rings is 1. The quantitative estimate of drug-likeness (QED) is 0.303. The van der Waals surface area contributed by atoms with Crippen molar-refractivity contribution >= 4 is 11.7 Å². The number of imidazole rings is 1. The van der Waals surface area contributed by atoms with Gasteiger partial charge in [0.25, 0.3) is 5.56 Å². The van der Waals surface area contributed by atoms with Crippen molar-refractivity contribution in [2.24, 2.45) is 0 Å². The molecule has 0 saturated carbocycles. The topological polar surface area (TPSA) is 106 Å². The molecule has 5 aromatic rings. The van der Waals surface area contributed by atoms with Crippen LogP contribution >= 0.6 is 0 Å². The number of halogens is 1. The number of likely N-dealkylation sites (N-methyl/N-ethyl adjacent to an activating group) is 1. The van der Waals surface area contributed by atoms with E-state index in [9.17, 15) is 19.1 Å². The number of nitrogens with zero attached hydrogens (tertiary/aromatic N) is 5. The molecule has 1 N–H and O–H groups in total. The van der Waals surface area contributed by atoms with Crippen molar-refractivity contribution in [3.05, 3.63) is 111 Å². The number of hydrogen-bond acceptors (Lipinski definition) is 6. The van der Waals surface area contributed by atoms with Crippen molar-refractivity contribution in [2.75, 3.05) is 13.6 Å². The second kappa shape index (κ2) is 10.7. The summed E-state index contributed by atoms with van der Waals surface area (Å²) in [4.78, 5) is 36.9. The second-order valence-corrected chi connectivity index (χ2v) is 9.55. The van der Waals surface area contributed by atoms with Gasteiger partial charge in [-0.25, -0.2) is 18.6 Å². The number of furan rings is 1. The molecule has 0 amide bonds. The van der Waals surface area contributed by atoms with Crippen molar-refractivity contribution in [3.63, 3.8) is 0 Å². The molecular weight excluding hydrogens is 501 g/mol. The summed E-state index contributed by atoms with van der Waals surface area (Å²) in [6.07, 6.45) is 3.66. The predicted molar refractivity (Wildman–Crippen MR) is 143 cm³/mol. The highest BCUT2D eigenvalue weighted by atomic mass is 19.1. The summed E-state index contributed by atoms with van der Waals surface area (Å²) in [5.41, 5.74) is 1.88. The maximum absolute atomic E-state index is 14.6. The molecule has 0 bridgehead atoms. The van der Waals surface area contributed by atoms with E-state index in [0.29, 0.717) is 53.5 Å². The second-order valence-electron chi connectivity index (χ2n) is 9.55. The Morgan fingerprint density at radius 2 is 1.92 bits per heavy atom. The van der Waals surface area contributed by atoms with Crippen molar-refractivity contribution in [1.82, 2.24) is 23.8 Å². The lowest BCUT2D eigenvalue weighted by Gasteiger charge is -2.17. The molecule has 9 nitrogen and oxygen atoms in total. The van der Waals surface area contributed by atoms with Gasteiger partial charge in [0, 0.05) is 48.7 Å². The average Bonchev–Trinajstić information content (AvgIpc) is 3.45. The lowest BCUT2D eigenvalue weighted by molar-refractivity contribution is 0.0693. The number of hydrogen-bond donors (Lipinski definition) is 1. The number of fused-ring (bicyclic) bond motifs is 1. The van der Waals surface area contributed by atoms with Crippen LogP contribution in [0.1, 0.15) is 38.8 Å². The molecule has 0 spiro atoms. The summed E-state index contributed by atoms with van der Waals surface area (Å²) < 4.78 is 23.2. The molecular formula is C29H28FN5O4. The average molecular weight is 530 g/mol. The van der Waals surface area contributed by atoms with E-state index >= 15 is 0 Å². The first-order valence-electron chi connectivity index (χ1n) is 12.5. The summed E-state index contributed by atoms with van der Waals surface area (Å²) >= 11 is 0. The van der Waals surface area contributed by atoms with Crippen LogP contribution in [0, 0.1) is 19.7 Å². The Kier molecular flexibility index (Phi) is 7.12. The third-order valence-electron chi connectivity index (χ3n) is 6.65. The van der Waals surface area contributed by atoms with E-state index in [4.69, 9.17) is 9.40 Å². The van der Waals surface area contributed by atoms with E-state index in [-0.39, 0.29) is 12.3 Å². The Labute approximate surface area is 223 Å². The molecule has 4 heterocycles. The molecule has 0 atom stereocenters. The van der Waals surface area contributed by atoms with Crippen molar-refractivity contribution in [3.8, 4) is 11.3 Å². The first-order chi connectivity index (χ1) is 18.7. The lowest BCUT2D eigenvalue weighted by atomic mass is 10.1. The van der Waals surface area contributed by atoms with Crippen molar-refractivity contribution in [1.29, 1.82) is 0 Å². The fourth-order valence-corrected chi connectivity index (χ4v) is 4.72. The van der Waals surface area contributed by atoms with E-state index in [1.165, 1.54) is 21.2 Å². The normalized spacial score (nSPS) is 11.5. The molecule has 0 aliphatic heterocycles. The number of aryl methyl sites for hydroxylation is 2. The molecule has 200 valence electrons. The molecule has 5 rings (SSSR count). The number of pyridine rings is 1. The molecule has 0 radical (unpaired) electrons. The van der Waals surface area contributed by atoms with Gasteiger partial charge in [0.05, 0.1) is 17.9 Å². The summed E-state index contributed by atoms with van der Waals surface area (Å²) in [7, 11) is 1.92. The Bertz CT molecular complexity index is 1720. The standard InChI is InChI=1S/C29H28FN5O4/c1-18-14-22(19(2)39-18)26-25(17-33(3)13-11-21-9-6-7-12-31-21)35-27(36)23(28(37)38)16-34(29(35)32-26)15-20-8-4-5-10-24(20)30/h4-10,12,14,16H,11,13,15,17H2,1-3H3,(H,37,38). The van der Waals surface area contributed by atoms with Crippen LogP contribution in [0.3, 0.4) is 0 Å². The van der Waals surface area contributed by atoms with Gasteiger partial charge in [-0.3, -0.25) is 9.78 Å². The van der Waals surface area contributed by atoms with Gasteiger partial charge in [-0.2, -0.15) is 0 Å². The molecule has 4 aromatic heterocycles. The maximum Gasteiger partial charge on any atom is 0.342 e. The molecule has 1 aromatic carbocycles. The number of aromatic carboxylic acids is 1. The molecule has 0 saturated heterocycles. The van der Waals surface area contributed by atoms with Crippen LogP contribution in [0.5, 0.6) is 0 Å². The minimum absolute atomic E-state index is 0.00839. The van der Waals surface area contributed by atoms with E-state index in [0.717, 1.165) is 5.69 Å². The number of rotatable bonds is 9. The van der Waals surface area contributed by atoms with Crippen LogP contribution in [-0.4, -0.2) is 48.5 Å². The molecule has 0 aliphatic rings. The van der Waals surface area contributed by atoms with Crippen LogP contribution in [0.4, 0.5) is 4.39 Å². The van der Waals surface area contributed by atoms with Gasteiger partial charge in [-0.15, -0.1) is 0 Å². The van der Waals surface area contributed by atoms with Crippen molar-refractivity contribution in [2.45, 2.75) is 33.4 Å².